The first-order chi connectivity index (χ1) is 9.58. The topological polar surface area (TPSA) is 58.5 Å². The molecule has 0 bridgehead atoms. The highest BCUT2D eigenvalue weighted by Gasteiger charge is 2.09. The maximum Gasteiger partial charge on any atom is 0.218 e. The standard InChI is InChI=1S/C15H26N4O/c1-6-16-15(19-12(4)11(2)3)18-10-13-8-7-9-17-14(13)20-5/h7-9,11-12H,6,10H2,1-5H3,(H2,16,18,19). The van der Waals surface area contributed by atoms with Crippen LogP contribution in [0, 0.1) is 5.92 Å². The second-order valence-corrected chi connectivity index (χ2v) is 5.04. The molecule has 1 heterocycles. The van der Waals surface area contributed by atoms with Crippen LogP contribution in [0.4, 0.5) is 0 Å². The Kier molecular flexibility index (Phi) is 6.84. The number of guanidine groups is 1. The summed E-state index contributed by atoms with van der Waals surface area (Å²) in [6.07, 6.45) is 1.72. The molecule has 0 saturated heterocycles. The van der Waals surface area contributed by atoms with Crippen molar-refractivity contribution in [2.45, 2.75) is 40.3 Å². The second-order valence-electron chi connectivity index (χ2n) is 5.04. The summed E-state index contributed by atoms with van der Waals surface area (Å²) in [7, 11) is 1.62. The molecule has 0 spiro atoms. The molecule has 5 nitrogen and oxygen atoms in total. The largest absolute Gasteiger partial charge is 0.481 e. The van der Waals surface area contributed by atoms with Crippen molar-refractivity contribution in [1.82, 2.24) is 15.6 Å². The molecule has 0 aromatic carbocycles. The molecule has 0 amide bonds. The van der Waals surface area contributed by atoms with Crippen molar-refractivity contribution >= 4 is 5.96 Å². The van der Waals surface area contributed by atoms with Gasteiger partial charge in [-0.05, 0) is 25.8 Å². The maximum atomic E-state index is 5.24. The van der Waals surface area contributed by atoms with E-state index in [4.69, 9.17) is 4.74 Å². The Hall–Kier alpha value is -1.78. The van der Waals surface area contributed by atoms with Crippen LogP contribution in [0.2, 0.25) is 0 Å². The number of nitrogens with one attached hydrogen (secondary N) is 2. The van der Waals surface area contributed by atoms with Crippen LogP contribution in [0.25, 0.3) is 0 Å². The van der Waals surface area contributed by atoms with Gasteiger partial charge in [0, 0.05) is 24.3 Å². The molecule has 1 aromatic heterocycles. The fraction of sp³-hybridized carbons (Fsp3) is 0.600. The molecule has 2 N–H and O–H groups in total. The van der Waals surface area contributed by atoms with Gasteiger partial charge in [0.1, 0.15) is 0 Å². The Morgan fingerprint density at radius 3 is 2.75 bits per heavy atom. The van der Waals surface area contributed by atoms with E-state index in [9.17, 15) is 0 Å². The first-order valence-electron chi connectivity index (χ1n) is 7.11. The van der Waals surface area contributed by atoms with E-state index >= 15 is 0 Å². The van der Waals surface area contributed by atoms with Gasteiger partial charge in [-0.2, -0.15) is 0 Å². The zero-order valence-corrected chi connectivity index (χ0v) is 13.1. The third-order valence-corrected chi connectivity index (χ3v) is 3.16. The van der Waals surface area contributed by atoms with Gasteiger partial charge in [-0.1, -0.05) is 19.9 Å². The lowest BCUT2D eigenvalue weighted by molar-refractivity contribution is 0.392. The van der Waals surface area contributed by atoms with Crippen molar-refractivity contribution in [3.05, 3.63) is 23.9 Å². The molecular formula is C15H26N4O. The average molecular weight is 278 g/mol. The molecule has 1 rings (SSSR count). The van der Waals surface area contributed by atoms with Gasteiger partial charge in [0.15, 0.2) is 5.96 Å². The highest BCUT2D eigenvalue weighted by Crippen LogP contribution is 2.14. The number of hydrogen-bond donors (Lipinski definition) is 2. The van der Waals surface area contributed by atoms with Gasteiger partial charge in [0.2, 0.25) is 5.88 Å². The average Bonchev–Trinajstić information content (AvgIpc) is 2.45. The van der Waals surface area contributed by atoms with E-state index in [1.807, 2.05) is 12.1 Å². The van der Waals surface area contributed by atoms with Crippen molar-refractivity contribution in [2.75, 3.05) is 13.7 Å². The Labute approximate surface area is 121 Å². The van der Waals surface area contributed by atoms with Gasteiger partial charge in [-0.3, -0.25) is 0 Å². The minimum atomic E-state index is 0.364. The predicted octanol–water partition coefficient (Wildman–Crippen LogP) is 2.19. The molecular weight excluding hydrogens is 252 g/mol. The lowest BCUT2D eigenvalue weighted by Gasteiger charge is -2.20. The van der Waals surface area contributed by atoms with Crippen molar-refractivity contribution in [3.8, 4) is 5.88 Å². The fourth-order valence-corrected chi connectivity index (χ4v) is 1.59. The molecule has 0 saturated carbocycles. The number of pyridine rings is 1. The number of rotatable bonds is 6. The summed E-state index contributed by atoms with van der Waals surface area (Å²) in [6.45, 7) is 9.96. The number of hydrogen-bond acceptors (Lipinski definition) is 3. The van der Waals surface area contributed by atoms with Crippen LogP contribution >= 0.6 is 0 Å². The molecule has 0 fully saturated rings. The number of aromatic nitrogens is 1. The van der Waals surface area contributed by atoms with Crippen LogP contribution in [0.15, 0.2) is 23.3 Å². The number of ether oxygens (including phenoxy) is 1. The van der Waals surface area contributed by atoms with E-state index in [2.05, 4.69) is 48.3 Å². The van der Waals surface area contributed by atoms with E-state index in [1.54, 1.807) is 13.3 Å². The van der Waals surface area contributed by atoms with Crippen LogP contribution in [-0.2, 0) is 6.54 Å². The van der Waals surface area contributed by atoms with Crippen molar-refractivity contribution < 1.29 is 4.74 Å². The minimum Gasteiger partial charge on any atom is -0.481 e. The van der Waals surface area contributed by atoms with Gasteiger partial charge >= 0.3 is 0 Å². The van der Waals surface area contributed by atoms with Crippen molar-refractivity contribution in [1.29, 1.82) is 0 Å². The van der Waals surface area contributed by atoms with E-state index in [0.717, 1.165) is 18.1 Å². The lowest BCUT2D eigenvalue weighted by atomic mass is 10.1. The smallest absolute Gasteiger partial charge is 0.218 e. The minimum absolute atomic E-state index is 0.364. The van der Waals surface area contributed by atoms with Gasteiger partial charge < -0.3 is 15.4 Å². The number of nitrogens with zero attached hydrogens (tertiary/aromatic N) is 2. The van der Waals surface area contributed by atoms with Crippen molar-refractivity contribution in [2.24, 2.45) is 10.9 Å². The van der Waals surface area contributed by atoms with E-state index in [0.29, 0.717) is 24.4 Å². The van der Waals surface area contributed by atoms with E-state index in [1.165, 1.54) is 0 Å². The molecule has 0 aliphatic carbocycles. The Morgan fingerprint density at radius 1 is 1.40 bits per heavy atom. The molecule has 0 aliphatic rings. The number of aliphatic imine (C=N–C) groups is 1. The summed E-state index contributed by atoms with van der Waals surface area (Å²) in [5.41, 5.74) is 0.976. The molecule has 1 unspecified atom stereocenters. The first-order valence-corrected chi connectivity index (χ1v) is 7.11. The molecule has 0 radical (unpaired) electrons. The summed E-state index contributed by atoms with van der Waals surface area (Å²) >= 11 is 0. The molecule has 1 aromatic rings. The Bertz CT molecular complexity index is 432. The zero-order valence-electron chi connectivity index (χ0n) is 13.1. The quantitative estimate of drug-likeness (QED) is 0.618. The molecule has 0 aliphatic heterocycles. The maximum absolute atomic E-state index is 5.24. The van der Waals surface area contributed by atoms with E-state index in [-0.39, 0.29) is 0 Å². The van der Waals surface area contributed by atoms with Crippen LogP contribution < -0.4 is 15.4 Å². The summed E-state index contributed by atoms with van der Waals surface area (Å²) < 4.78 is 5.24. The van der Waals surface area contributed by atoms with Crippen LogP contribution in [-0.4, -0.2) is 30.6 Å². The second kappa shape index (κ2) is 8.40. The number of methoxy groups -OCH3 is 1. The van der Waals surface area contributed by atoms with Crippen LogP contribution in [0.3, 0.4) is 0 Å². The van der Waals surface area contributed by atoms with Gasteiger partial charge in [-0.15, -0.1) is 0 Å². The Balaban J connectivity index is 2.76. The van der Waals surface area contributed by atoms with E-state index < -0.39 is 0 Å². The third kappa shape index (κ3) is 5.07. The summed E-state index contributed by atoms with van der Waals surface area (Å²) in [6, 6.07) is 4.23. The van der Waals surface area contributed by atoms with Crippen LogP contribution in [0.5, 0.6) is 5.88 Å². The molecule has 5 heteroatoms. The van der Waals surface area contributed by atoms with Gasteiger partial charge in [0.25, 0.3) is 0 Å². The summed E-state index contributed by atoms with van der Waals surface area (Å²) in [5.74, 6) is 2.00. The Morgan fingerprint density at radius 2 is 2.15 bits per heavy atom. The summed E-state index contributed by atoms with van der Waals surface area (Å²) in [4.78, 5) is 8.77. The normalized spacial score (nSPS) is 13.2. The van der Waals surface area contributed by atoms with Crippen molar-refractivity contribution in [3.63, 3.8) is 0 Å². The zero-order chi connectivity index (χ0) is 15.0. The highest BCUT2D eigenvalue weighted by atomic mass is 16.5. The molecule has 112 valence electrons. The SMILES string of the molecule is CCNC(=NCc1cccnc1OC)NC(C)C(C)C. The molecule has 20 heavy (non-hydrogen) atoms. The predicted molar refractivity (Wildman–Crippen MR) is 83.0 cm³/mol. The third-order valence-electron chi connectivity index (χ3n) is 3.16. The fourth-order valence-electron chi connectivity index (χ4n) is 1.59. The first kappa shape index (κ1) is 16.3. The monoisotopic (exact) mass is 278 g/mol. The van der Waals surface area contributed by atoms with Gasteiger partial charge in [0.05, 0.1) is 13.7 Å². The van der Waals surface area contributed by atoms with Crippen LogP contribution in [0.1, 0.15) is 33.3 Å². The lowest BCUT2D eigenvalue weighted by Crippen LogP contribution is -2.44. The highest BCUT2D eigenvalue weighted by molar-refractivity contribution is 5.80. The van der Waals surface area contributed by atoms with Gasteiger partial charge in [-0.25, -0.2) is 9.98 Å². The summed E-state index contributed by atoms with van der Waals surface area (Å²) in [5, 5.41) is 6.66. The molecule has 1 atom stereocenters.